The minimum Gasteiger partial charge on any atom is -0.0526 e. The zero-order valence-corrected chi connectivity index (χ0v) is 15.6. The first-order valence-corrected chi connectivity index (χ1v) is 8.91. The molecule has 0 radical (unpaired) electrons. The Morgan fingerprint density at radius 2 is 0.667 bits per heavy atom. The lowest BCUT2D eigenvalue weighted by Gasteiger charge is -2.11. The maximum absolute atomic E-state index is 3.59. The fraction of sp³-hybridized carbons (Fsp3) is 0. The summed E-state index contributed by atoms with van der Waals surface area (Å²) in [5.41, 5.74) is 0. The summed E-state index contributed by atoms with van der Waals surface area (Å²) >= 11 is 10.8. The van der Waals surface area contributed by atoms with E-state index in [2.05, 4.69) is 102 Å². The first kappa shape index (κ1) is 13.7. The van der Waals surface area contributed by atoms with Gasteiger partial charge in [-0.3, -0.25) is 0 Å². The molecule has 0 fully saturated rings. The molecule has 0 bridgehead atoms. The molecule has 0 saturated carbocycles. The van der Waals surface area contributed by atoms with Crippen LogP contribution in [0.3, 0.4) is 0 Å². The molecule has 4 aromatic rings. The van der Waals surface area contributed by atoms with Crippen molar-refractivity contribution < 1.29 is 0 Å². The topological polar surface area (TPSA) is 0 Å². The first-order valence-electron chi connectivity index (χ1n) is 6.53. The zero-order chi connectivity index (χ0) is 14.6. The number of fused-ring (bicyclic) bond motifs is 6. The van der Waals surface area contributed by atoms with Gasteiger partial charge in [-0.2, -0.15) is 0 Å². The number of rotatable bonds is 0. The summed E-state index contributed by atoms with van der Waals surface area (Å²) in [5, 5.41) is 7.67. The Morgan fingerprint density at radius 3 is 0.952 bits per heavy atom. The molecule has 3 heteroatoms. The fourth-order valence-electron chi connectivity index (χ4n) is 2.92. The Kier molecular flexibility index (Phi) is 3.32. The summed E-state index contributed by atoms with van der Waals surface area (Å²) in [6.07, 6.45) is 0. The molecular weight excluding hydrogens is 456 g/mol. The Hall–Kier alpha value is -0.900. The van der Waals surface area contributed by atoms with Crippen LogP contribution >= 0.6 is 47.8 Å². The molecule has 0 aliphatic heterocycles. The maximum atomic E-state index is 3.59. The van der Waals surface area contributed by atoms with E-state index in [9.17, 15) is 0 Å². The van der Waals surface area contributed by atoms with Crippen molar-refractivity contribution in [2.24, 2.45) is 0 Å². The summed E-state index contributed by atoms with van der Waals surface area (Å²) in [6, 6.07) is 19.5. The number of hydrogen-bond donors (Lipinski definition) is 0. The third-order valence-electron chi connectivity index (χ3n) is 3.82. The van der Waals surface area contributed by atoms with Crippen LogP contribution in [0.5, 0.6) is 0 Å². The quantitative estimate of drug-likeness (QED) is 0.237. The Bertz CT molecular complexity index is 856. The molecule has 0 atom stereocenters. The van der Waals surface area contributed by atoms with Crippen LogP contribution in [-0.2, 0) is 0 Å². The molecule has 0 N–H and O–H groups in total. The Morgan fingerprint density at radius 1 is 0.381 bits per heavy atom. The average Bonchev–Trinajstić information content (AvgIpc) is 2.46. The summed E-state index contributed by atoms with van der Waals surface area (Å²) in [5.74, 6) is 0. The third kappa shape index (κ3) is 2.23. The van der Waals surface area contributed by atoms with Gasteiger partial charge < -0.3 is 0 Å². The summed E-state index contributed by atoms with van der Waals surface area (Å²) in [4.78, 5) is 0. The largest absolute Gasteiger partial charge is 0.0526 e. The molecule has 4 aromatic carbocycles. The van der Waals surface area contributed by atoms with E-state index in [1.54, 1.807) is 0 Å². The van der Waals surface area contributed by atoms with E-state index < -0.39 is 0 Å². The van der Waals surface area contributed by atoms with Crippen LogP contribution in [0.15, 0.2) is 68.0 Å². The Labute approximate surface area is 147 Å². The average molecular weight is 465 g/mol. The normalized spacial score (nSPS) is 11.6. The monoisotopic (exact) mass is 462 g/mol. The van der Waals surface area contributed by atoms with Crippen molar-refractivity contribution in [3.05, 3.63) is 68.0 Å². The van der Waals surface area contributed by atoms with Crippen LogP contribution < -0.4 is 0 Å². The van der Waals surface area contributed by atoms with Crippen molar-refractivity contribution in [3.8, 4) is 0 Å². The molecule has 4 rings (SSSR count). The fourth-order valence-corrected chi connectivity index (χ4v) is 4.01. The molecule has 0 saturated heterocycles. The van der Waals surface area contributed by atoms with Crippen LogP contribution in [0, 0.1) is 0 Å². The van der Waals surface area contributed by atoms with E-state index in [1.165, 1.54) is 32.3 Å². The predicted octanol–water partition coefficient (Wildman–Crippen LogP) is 7.43. The molecule has 0 unspecified atom stereocenters. The van der Waals surface area contributed by atoms with Gasteiger partial charge in [0.25, 0.3) is 0 Å². The zero-order valence-electron chi connectivity index (χ0n) is 10.8. The third-order valence-corrected chi connectivity index (χ3v) is 5.30. The molecule has 0 heterocycles. The van der Waals surface area contributed by atoms with Crippen molar-refractivity contribution in [1.82, 2.24) is 0 Å². The second-order valence-electron chi connectivity index (χ2n) is 5.07. The highest BCUT2D eigenvalue weighted by Gasteiger charge is 2.09. The van der Waals surface area contributed by atoms with Gasteiger partial charge in [-0.25, -0.2) is 0 Å². The molecule has 0 nitrogen and oxygen atoms in total. The van der Waals surface area contributed by atoms with Crippen molar-refractivity contribution in [1.29, 1.82) is 0 Å². The van der Waals surface area contributed by atoms with Crippen LogP contribution in [0.25, 0.3) is 32.3 Å². The SMILES string of the molecule is Brc1ccc2c(c1)c1ccc(Br)cc1c1ccc(Br)cc21. The van der Waals surface area contributed by atoms with Gasteiger partial charge in [-0.1, -0.05) is 66.0 Å². The predicted molar refractivity (Wildman–Crippen MR) is 102 cm³/mol. The number of halogens is 3. The summed E-state index contributed by atoms with van der Waals surface area (Å²) < 4.78 is 3.32. The standard InChI is InChI=1S/C18H9Br3/c19-10-1-4-13-16(7-10)14-5-2-12(21)9-18(14)15-6-3-11(20)8-17(13)15/h1-9H. The molecular formula is C18H9Br3. The molecule has 0 aromatic heterocycles. The van der Waals surface area contributed by atoms with E-state index in [-0.39, 0.29) is 0 Å². The van der Waals surface area contributed by atoms with Gasteiger partial charge in [0, 0.05) is 13.4 Å². The Balaban J connectivity index is 2.39. The van der Waals surface area contributed by atoms with E-state index in [0.717, 1.165) is 13.4 Å². The maximum Gasteiger partial charge on any atom is 0.0181 e. The van der Waals surface area contributed by atoms with Gasteiger partial charge in [0.05, 0.1) is 0 Å². The van der Waals surface area contributed by atoms with Gasteiger partial charge in [0.15, 0.2) is 0 Å². The van der Waals surface area contributed by atoms with Crippen LogP contribution in [-0.4, -0.2) is 0 Å². The van der Waals surface area contributed by atoms with Crippen LogP contribution in [0.1, 0.15) is 0 Å². The van der Waals surface area contributed by atoms with Crippen molar-refractivity contribution in [3.63, 3.8) is 0 Å². The lowest BCUT2D eigenvalue weighted by Crippen LogP contribution is -1.84. The van der Waals surface area contributed by atoms with Gasteiger partial charge >= 0.3 is 0 Å². The van der Waals surface area contributed by atoms with Crippen molar-refractivity contribution >= 4 is 80.1 Å². The molecule has 0 aliphatic carbocycles. The van der Waals surface area contributed by atoms with E-state index in [1.807, 2.05) is 0 Å². The minimum atomic E-state index is 1.11. The van der Waals surface area contributed by atoms with Crippen LogP contribution in [0.4, 0.5) is 0 Å². The molecule has 0 aliphatic rings. The van der Waals surface area contributed by atoms with E-state index in [4.69, 9.17) is 0 Å². The van der Waals surface area contributed by atoms with E-state index in [0.29, 0.717) is 0 Å². The second-order valence-corrected chi connectivity index (χ2v) is 7.82. The molecule has 0 amide bonds. The van der Waals surface area contributed by atoms with Gasteiger partial charge in [0.2, 0.25) is 0 Å². The lowest BCUT2D eigenvalue weighted by molar-refractivity contribution is 1.70. The van der Waals surface area contributed by atoms with Crippen LogP contribution in [0.2, 0.25) is 0 Å². The van der Waals surface area contributed by atoms with Gasteiger partial charge in [-0.15, -0.1) is 0 Å². The lowest BCUT2D eigenvalue weighted by atomic mass is 9.94. The highest BCUT2D eigenvalue weighted by atomic mass is 79.9. The smallest absolute Gasteiger partial charge is 0.0181 e. The molecule has 102 valence electrons. The van der Waals surface area contributed by atoms with Gasteiger partial charge in [0.1, 0.15) is 0 Å². The highest BCUT2D eigenvalue weighted by molar-refractivity contribution is 9.11. The van der Waals surface area contributed by atoms with Gasteiger partial charge in [-0.05, 0) is 68.7 Å². The second kappa shape index (κ2) is 5.08. The first-order chi connectivity index (χ1) is 10.1. The summed E-state index contributed by atoms with van der Waals surface area (Å²) in [7, 11) is 0. The summed E-state index contributed by atoms with van der Waals surface area (Å²) in [6.45, 7) is 0. The number of hydrogen-bond acceptors (Lipinski definition) is 0. The van der Waals surface area contributed by atoms with E-state index >= 15 is 0 Å². The van der Waals surface area contributed by atoms with Crippen molar-refractivity contribution in [2.45, 2.75) is 0 Å². The number of benzene rings is 4. The van der Waals surface area contributed by atoms with Crippen molar-refractivity contribution in [2.75, 3.05) is 0 Å². The molecule has 0 spiro atoms. The highest BCUT2D eigenvalue weighted by Crippen LogP contribution is 2.38. The molecule has 21 heavy (non-hydrogen) atoms. The minimum absolute atomic E-state index is 1.11.